The van der Waals surface area contributed by atoms with Crippen molar-refractivity contribution in [3.05, 3.63) is 119 Å². The SMILES string of the molecule is O=C(Nc1ccc2nn(-c3ccccc3)nc2c1)c1ccc(-c2cc3ccccc3oc2=O)cc1. The summed E-state index contributed by atoms with van der Waals surface area (Å²) < 4.78 is 5.42. The molecule has 2 heterocycles. The molecule has 0 bridgehead atoms. The third-order valence-electron chi connectivity index (χ3n) is 5.72. The van der Waals surface area contributed by atoms with Crippen molar-refractivity contribution in [2.45, 2.75) is 0 Å². The van der Waals surface area contributed by atoms with Gasteiger partial charge in [-0.1, -0.05) is 48.5 Å². The minimum Gasteiger partial charge on any atom is -0.422 e. The second-order valence-corrected chi connectivity index (χ2v) is 8.05. The second-order valence-electron chi connectivity index (χ2n) is 8.05. The average molecular weight is 458 g/mol. The number of carbonyl (C=O) groups excluding carboxylic acids is 1. The van der Waals surface area contributed by atoms with E-state index in [1.807, 2.05) is 54.6 Å². The molecule has 0 radical (unpaired) electrons. The van der Waals surface area contributed by atoms with Crippen LogP contribution in [0.2, 0.25) is 0 Å². The number of nitrogens with one attached hydrogen (secondary N) is 1. The lowest BCUT2D eigenvalue weighted by molar-refractivity contribution is 0.102. The molecule has 0 unspecified atom stereocenters. The standard InChI is InChI=1S/C28H18N4O3/c33-27(29-21-14-15-24-25(17-21)31-32(30-24)22-7-2-1-3-8-22)19-12-10-18(11-13-19)23-16-20-6-4-5-9-26(20)35-28(23)34/h1-17H,(H,29,33). The van der Waals surface area contributed by atoms with E-state index in [1.165, 1.54) is 0 Å². The van der Waals surface area contributed by atoms with Gasteiger partial charge in [0.1, 0.15) is 16.6 Å². The number of hydrogen-bond acceptors (Lipinski definition) is 5. The van der Waals surface area contributed by atoms with Crippen LogP contribution in [0.3, 0.4) is 0 Å². The summed E-state index contributed by atoms with van der Waals surface area (Å²) in [6.07, 6.45) is 0. The summed E-state index contributed by atoms with van der Waals surface area (Å²) in [6, 6.07) is 31.0. The van der Waals surface area contributed by atoms with Gasteiger partial charge in [0.25, 0.3) is 5.91 Å². The van der Waals surface area contributed by atoms with E-state index in [9.17, 15) is 9.59 Å². The van der Waals surface area contributed by atoms with Crippen molar-refractivity contribution in [2.75, 3.05) is 5.32 Å². The Bertz CT molecular complexity index is 1750. The fourth-order valence-corrected chi connectivity index (χ4v) is 3.94. The van der Waals surface area contributed by atoms with Crippen molar-refractivity contribution in [3.8, 4) is 16.8 Å². The number of benzene rings is 4. The molecule has 1 amide bonds. The molecule has 0 saturated heterocycles. The van der Waals surface area contributed by atoms with Crippen LogP contribution in [-0.2, 0) is 0 Å². The smallest absolute Gasteiger partial charge is 0.344 e. The van der Waals surface area contributed by atoms with Gasteiger partial charge in [0.15, 0.2) is 0 Å². The number of fused-ring (bicyclic) bond motifs is 2. The highest BCUT2D eigenvalue weighted by Gasteiger charge is 2.12. The van der Waals surface area contributed by atoms with E-state index in [4.69, 9.17) is 4.42 Å². The zero-order valence-electron chi connectivity index (χ0n) is 18.4. The highest BCUT2D eigenvalue weighted by Crippen LogP contribution is 2.22. The molecule has 4 aromatic carbocycles. The molecular weight excluding hydrogens is 440 g/mol. The van der Waals surface area contributed by atoms with Crippen LogP contribution in [0.25, 0.3) is 38.8 Å². The maximum absolute atomic E-state index is 12.8. The van der Waals surface area contributed by atoms with Crippen molar-refractivity contribution in [1.82, 2.24) is 15.0 Å². The normalized spacial score (nSPS) is 11.1. The van der Waals surface area contributed by atoms with E-state index in [2.05, 4.69) is 15.5 Å². The summed E-state index contributed by atoms with van der Waals surface area (Å²) in [5.74, 6) is -0.267. The molecular formula is C28H18N4O3. The van der Waals surface area contributed by atoms with Crippen molar-refractivity contribution in [1.29, 1.82) is 0 Å². The van der Waals surface area contributed by atoms with Gasteiger partial charge in [0.2, 0.25) is 0 Å². The number of amides is 1. The third-order valence-corrected chi connectivity index (χ3v) is 5.72. The summed E-state index contributed by atoms with van der Waals surface area (Å²) in [5.41, 5.74) is 4.58. The van der Waals surface area contributed by atoms with Gasteiger partial charge in [-0.2, -0.15) is 4.80 Å². The molecule has 0 aliphatic rings. The molecule has 6 rings (SSSR count). The van der Waals surface area contributed by atoms with Crippen molar-refractivity contribution in [2.24, 2.45) is 0 Å². The van der Waals surface area contributed by atoms with Crippen LogP contribution in [0.5, 0.6) is 0 Å². The fourth-order valence-electron chi connectivity index (χ4n) is 3.94. The Morgan fingerprint density at radius 2 is 1.51 bits per heavy atom. The fraction of sp³-hybridized carbons (Fsp3) is 0. The number of rotatable bonds is 4. The molecule has 7 heteroatoms. The first-order valence-electron chi connectivity index (χ1n) is 11.0. The maximum atomic E-state index is 12.8. The maximum Gasteiger partial charge on any atom is 0.344 e. The topological polar surface area (TPSA) is 90.0 Å². The van der Waals surface area contributed by atoms with Crippen LogP contribution in [-0.4, -0.2) is 20.9 Å². The highest BCUT2D eigenvalue weighted by atomic mass is 16.4. The van der Waals surface area contributed by atoms with Gasteiger partial charge in [-0.3, -0.25) is 4.79 Å². The first-order valence-corrected chi connectivity index (χ1v) is 11.0. The number of para-hydroxylation sites is 2. The number of carbonyl (C=O) groups is 1. The molecule has 0 aliphatic heterocycles. The molecule has 35 heavy (non-hydrogen) atoms. The van der Waals surface area contributed by atoms with Crippen molar-refractivity contribution in [3.63, 3.8) is 0 Å². The molecule has 7 nitrogen and oxygen atoms in total. The van der Waals surface area contributed by atoms with Crippen LogP contribution < -0.4 is 10.9 Å². The van der Waals surface area contributed by atoms with Crippen LogP contribution in [0.15, 0.2) is 112 Å². The quantitative estimate of drug-likeness (QED) is 0.355. The lowest BCUT2D eigenvalue weighted by Gasteiger charge is -2.07. The molecule has 0 atom stereocenters. The van der Waals surface area contributed by atoms with Crippen LogP contribution >= 0.6 is 0 Å². The predicted molar refractivity (Wildman–Crippen MR) is 135 cm³/mol. The molecule has 0 fully saturated rings. The second kappa shape index (κ2) is 8.39. The Hall–Kier alpha value is -5.04. The summed E-state index contributed by atoms with van der Waals surface area (Å²) in [4.78, 5) is 26.8. The van der Waals surface area contributed by atoms with Gasteiger partial charge in [0.05, 0.1) is 11.3 Å². The van der Waals surface area contributed by atoms with E-state index in [0.717, 1.165) is 16.6 Å². The van der Waals surface area contributed by atoms with Gasteiger partial charge < -0.3 is 9.73 Å². The minimum atomic E-state index is -0.419. The van der Waals surface area contributed by atoms with Crippen LogP contribution in [0.1, 0.15) is 10.4 Å². The minimum absolute atomic E-state index is 0.267. The molecule has 6 aromatic rings. The van der Waals surface area contributed by atoms with Gasteiger partial charge >= 0.3 is 5.63 Å². The molecule has 0 spiro atoms. The molecule has 168 valence electrons. The van der Waals surface area contributed by atoms with E-state index in [-0.39, 0.29) is 5.91 Å². The van der Waals surface area contributed by atoms with Gasteiger partial charge in [-0.25, -0.2) is 4.79 Å². The average Bonchev–Trinajstić information content (AvgIpc) is 3.32. The lowest BCUT2D eigenvalue weighted by Crippen LogP contribution is -2.11. The summed E-state index contributed by atoms with van der Waals surface area (Å²) >= 11 is 0. The zero-order valence-corrected chi connectivity index (χ0v) is 18.4. The van der Waals surface area contributed by atoms with Crippen LogP contribution in [0, 0.1) is 0 Å². The Morgan fingerprint density at radius 3 is 2.34 bits per heavy atom. The predicted octanol–water partition coefficient (Wildman–Crippen LogP) is 5.45. The van der Waals surface area contributed by atoms with Crippen molar-refractivity contribution < 1.29 is 9.21 Å². The van der Waals surface area contributed by atoms with E-state index in [1.54, 1.807) is 53.3 Å². The first kappa shape index (κ1) is 20.6. The summed E-state index contributed by atoms with van der Waals surface area (Å²) in [7, 11) is 0. The van der Waals surface area contributed by atoms with Crippen molar-refractivity contribution >= 4 is 33.6 Å². The third kappa shape index (κ3) is 3.95. The van der Waals surface area contributed by atoms with E-state index < -0.39 is 5.63 Å². The van der Waals surface area contributed by atoms with Crippen LogP contribution in [0.4, 0.5) is 5.69 Å². The largest absolute Gasteiger partial charge is 0.422 e. The summed E-state index contributed by atoms with van der Waals surface area (Å²) in [6.45, 7) is 0. The molecule has 0 aliphatic carbocycles. The summed E-state index contributed by atoms with van der Waals surface area (Å²) in [5, 5.41) is 12.7. The Balaban J connectivity index is 1.23. The molecule has 0 saturated carbocycles. The lowest BCUT2D eigenvalue weighted by atomic mass is 10.0. The Labute approximate surface area is 199 Å². The number of nitrogens with zero attached hydrogens (tertiary/aromatic N) is 3. The highest BCUT2D eigenvalue weighted by molar-refractivity contribution is 6.05. The molecule has 1 N–H and O–H groups in total. The van der Waals surface area contributed by atoms with Gasteiger partial charge in [-0.15, -0.1) is 10.2 Å². The van der Waals surface area contributed by atoms with E-state index >= 15 is 0 Å². The Morgan fingerprint density at radius 1 is 0.771 bits per heavy atom. The first-order chi connectivity index (χ1) is 17.1. The molecule has 2 aromatic heterocycles. The monoisotopic (exact) mass is 458 g/mol. The Kier molecular flexibility index (Phi) is 4.93. The van der Waals surface area contributed by atoms with E-state index in [0.29, 0.717) is 33.5 Å². The van der Waals surface area contributed by atoms with Gasteiger partial charge in [0, 0.05) is 16.6 Å². The zero-order chi connectivity index (χ0) is 23.8. The number of anilines is 1. The number of hydrogen-bond donors (Lipinski definition) is 1. The number of aromatic nitrogens is 3. The van der Waals surface area contributed by atoms with Gasteiger partial charge in [-0.05, 0) is 60.2 Å².